The Kier molecular flexibility index (Phi) is 7.13. The summed E-state index contributed by atoms with van der Waals surface area (Å²) in [6, 6.07) is 2.21. The van der Waals surface area contributed by atoms with Crippen molar-refractivity contribution in [2.24, 2.45) is 0 Å². The largest absolute Gasteiger partial charge is 0.466 e. The van der Waals surface area contributed by atoms with Crippen molar-refractivity contribution in [2.75, 3.05) is 19.8 Å². The average molecular weight is 269 g/mol. The Morgan fingerprint density at radius 1 is 1.42 bits per heavy atom. The summed E-state index contributed by atoms with van der Waals surface area (Å²) in [5, 5.41) is 13.1. The summed E-state index contributed by atoms with van der Waals surface area (Å²) in [7, 11) is 0. The molecule has 0 radical (unpaired) electrons. The van der Waals surface area contributed by atoms with E-state index in [0.717, 1.165) is 36.5 Å². The summed E-state index contributed by atoms with van der Waals surface area (Å²) < 4.78 is 10.9. The summed E-state index contributed by atoms with van der Waals surface area (Å²) in [6.45, 7) is 9.74. The van der Waals surface area contributed by atoms with Crippen LogP contribution in [0.5, 0.6) is 0 Å². The van der Waals surface area contributed by atoms with Crippen molar-refractivity contribution in [3.63, 3.8) is 0 Å². The van der Waals surface area contributed by atoms with Gasteiger partial charge in [-0.25, -0.2) is 0 Å². The van der Waals surface area contributed by atoms with Gasteiger partial charge in [0.2, 0.25) is 0 Å². The lowest BCUT2D eigenvalue weighted by Crippen LogP contribution is -2.32. The van der Waals surface area contributed by atoms with Crippen LogP contribution >= 0.6 is 0 Å². The molecule has 0 amide bonds. The van der Waals surface area contributed by atoms with Gasteiger partial charge < -0.3 is 19.6 Å². The summed E-state index contributed by atoms with van der Waals surface area (Å²) in [5.41, 5.74) is 1.15. The minimum atomic E-state index is -0.465. The molecule has 0 aliphatic heterocycles. The van der Waals surface area contributed by atoms with Gasteiger partial charge >= 0.3 is 0 Å². The molecule has 0 aliphatic carbocycles. The van der Waals surface area contributed by atoms with Gasteiger partial charge in [-0.15, -0.1) is 0 Å². The van der Waals surface area contributed by atoms with E-state index in [1.165, 1.54) is 0 Å². The Bertz CT molecular complexity index is 362. The molecule has 0 saturated carbocycles. The van der Waals surface area contributed by atoms with Gasteiger partial charge in [0.25, 0.3) is 0 Å². The first kappa shape index (κ1) is 16.2. The van der Waals surface area contributed by atoms with E-state index in [0.29, 0.717) is 13.2 Å². The molecule has 4 heteroatoms. The van der Waals surface area contributed by atoms with Crippen molar-refractivity contribution >= 4 is 0 Å². The first-order chi connectivity index (χ1) is 9.04. The number of aryl methyl sites for hydroxylation is 2. The van der Waals surface area contributed by atoms with Gasteiger partial charge in [0.05, 0.1) is 12.7 Å². The highest BCUT2D eigenvalue weighted by Crippen LogP contribution is 2.20. The number of nitrogens with one attached hydrogen (secondary N) is 1. The topological polar surface area (TPSA) is 54.6 Å². The van der Waals surface area contributed by atoms with Gasteiger partial charge in [-0.3, -0.25) is 0 Å². The lowest BCUT2D eigenvalue weighted by atomic mass is 10.1. The number of unbranched alkanes of at least 4 members (excludes halogenated alkanes) is 1. The number of rotatable bonds is 9. The third kappa shape index (κ3) is 5.76. The van der Waals surface area contributed by atoms with Crippen LogP contribution < -0.4 is 5.32 Å². The zero-order valence-electron chi connectivity index (χ0n) is 12.5. The van der Waals surface area contributed by atoms with Crippen LogP contribution in [-0.2, 0) is 4.74 Å². The monoisotopic (exact) mass is 269 g/mol. The van der Waals surface area contributed by atoms with Crippen LogP contribution in [0.25, 0.3) is 0 Å². The van der Waals surface area contributed by atoms with Gasteiger partial charge in [-0.2, -0.15) is 0 Å². The van der Waals surface area contributed by atoms with Crippen molar-refractivity contribution in [1.29, 1.82) is 0 Å². The molecule has 0 bridgehead atoms. The predicted octanol–water partition coefficient (Wildman–Crippen LogP) is 2.72. The number of aliphatic hydroxyl groups is 1. The van der Waals surface area contributed by atoms with E-state index < -0.39 is 6.10 Å². The molecule has 0 spiro atoms. The molecule has 0 saturated heterocycles. The molecule has 0 aliphatic rings. The minimum Gasteiger partial charge on any atom is -0.466 e. The van der Waals surface area contributed by atoms with Crippen LogP contribution in [0, 0.1) is 13.8 Å². The molecule has 0 aromatic carbocycles. The number of ether oxygens (including phenoxy) is 1. The quantitative estimate of drug-likeness (QED) is 0.677. The van der Waals surface area contributed by atoms with Gasteiger partial charge in [0.1, 0.15) is 11.5 Å². The molecule has 110 valence electrons. The maximum atomic E-state index is 9.81. The fraction of sp³-hybridized carbons (Fsp3) is 0.733. The molecule has 1 rings (SSSR count). The van der Waals surface area contributed by atoms with Gasteiger partial charge in [-0.1, -0.05) is 13.3 Å². The Morgan fingerprint density at radius 2 is 2.16 bits per heavy atom. The van der Waals surface area contributed by atoms with Crippen LogP contribution in [-0.4, -0.2) is 31.0 Å². The predicted molar refractivity (Wildman–Crippen MR) is 76.3 cm³/mol. The molecule has 4 nitrogen and oxygen atoms in total. The highest BCUT2D eigenvalue weighted by atomic mass is 16.5. The number of aliphatic hydroxyl groups excluding tert-OH is 1. The second kappa shape index (κ2) is 8.35. The van der Waals surface area contributed by atoms with E-state index in [1.807, 2.05) is 19.9 Å². The highest BCUT2D eigenvalue weighted by molar-refractivity contribution is 5.23. The molecule has 1 heterocycles. The van der Waals surface area contributed by atoms with E-state index in [1.54, 1.807) is 0 Å². The summed E-state index contributed by atoms with van der Waals surface area (Å²) >= 11 is 0. The average Bonchev–Trinajstić information content (AvgIpc) is 2.71. The Labute approximate surface area is 116 Å². The Morgan fingerprint density at radius 3 is 2.74 bits per heavy atom. The molecule has 2 unspecified atom stereocenters. The van der Waals surface area contributed by atoms with Crippen molar-refractivity contribution in [3.8, 4) is 0 Å². The first-order valence-electron chi connectivity index (χ1n) is 7.10. The van der Waals surface area contributed by atoms with Crippen molar-refractivity contribution < 1.29 is 14.3 Å². The molecule has 19 heavy (non-hydrogen) atoms. The third-order valence-corrected chi connectivity index (χ3v) is 3.16. The Hall–Kier alpha value is -0.840. The van der Waals surface area contributed by atoms with Crippen molar-refractivity contribution in [3.05, 3.63) is 23.2 Å². The van der Waals surface area contributed by atoms with Crippen molar-refractivity contribution in [1.82, 2.24) is 5.32 Å². The van der Waals surface area contributed by atoms with Gasteiger partial charge in [0, 0.05) is 24.8 Å². The smallest absolute Gasteiger partial charge is 0.105 e. The summed E-state index contributed by atoms with van der Waals surface area (Å²) in [6.07, 6.45) is 1.70. The minimum absolute atomic E-state index is 0.169. The van der Waals surface area contributed by atoms with Crippen molar-refractivity contribution in [2.45, 2.75) is 52.7 Å². The fourth-order valence-corrected chi connectivity index (χ4v) is 2.03. The molecular formula is C15H27NO3. The second-order valence-corrected chi connectivity index (χ2v) is 5.08. The number of furan rings is 1. The van der Waals surface area contributed by atoms with E-state index in [-0.39, 0.29) is 6.04 Å². The SMILES string of the molecule is CCCCOCC(O)CNC(C)c1cc(C)oc1C. The zero-order chi connectivity index (χ0) is 14.3. The zero-order valence-corrected chi connectivity index (χ0v) is 12.5. The normalized spacial score (nSPS) is 14.6. The van der Waals surface area contributed by atoms with Crippen LogP contribution in [0.2, 0.25) is 0 Å². The summed E-state index contributed by atoms with van der Waals surface area (Å²) in [5.74, 6) is 1.86. The van der Waals surface area contributed by atoms with E-state index >= 15 is 0 Å². The lowest BCUT2D eigenvalue weighted by molar-refractivity contribution is 0.0348. The van der Waals surface area contributed by atoms with Crippen LogP contribution in [0.15, 0.2) is 10.5 Å². The lowest BCUT2D eigenvalue weighted by Gasteiger charge is -2.17. The maximum Gasteiger partial charge on any atom is 0.105 e. The standard InChI is InChI=1S/C15H27NO3/c1-5-6-7-18-10-14(17)9-16-12(3)15-8-11(2)19-13(15)4/h8,12,14,16-17H,5-7,9-10H2,1-4H3. The summed E-state index contributed by atoms with van der Waals surface area (Å²) in [4.78, 5) is 0. The highest BCUT2D eigenvalue weighted by Gasteiger charge is 2.13. The first-order valence-corrected chi connectivity index (χ1v) is 7.10. The molecule has 0 fully saturated rings. The number of hydrogen-bond acceptors (Lipinski definition) is 4. The Balaban J connectivity index is 2.26. The number of hydrogen-bond donors (Lipinski definition) is 2. The third-order valence-electron chi connectivity index (χ3n) is 3.16. The maximum absolute atomic E-state index is 9.81. The van der Waals surface area contributed by atoms with Crippen LogP contribution in [0.3, 0.4) is 0 Å². The van der Waals surface area contributed by atoms with E-state index in [2.05, 4.69) is 19.2 Å². The van der Waals surface area contributed by atoms with Crippen LogP contribution in [0.1, 0.15) is 49.8 Å². The molecule has 1 aromatic heterocycles. The molecule has 1 aromatic rings. The van der Waals surface area contributed by atoms with Gasteiger partial charge in [0.15, 0.2) is 0 Å². The van der Waals surface area contributed by atoms with E-state index in [9.17, 15) is 5.11 Å². The fourth-order valence-electron chi connectivity index (χ4n) is 2.03. The van der Waals surface area contributed by atoms with E-state index in [4.69, 9.17) is 9.15 Å². The van der Waals surface area contributed by atoms with Crippen LogP contribution in [0.4, 0.5) is 0 Å². The van der Waals surface area contributed by atoms with Gasteiger partial charge in [-0.05, 0) is 33.3 Å². The second-order valence-electron chi connectivity index (χ2n) is 5.08. The molecule has 2 atom stereocenters. The molecule has 2 N–H and O–H groups in total. The molecular weight excluding hydrogens is 242 g/mol.